The maximum atomic E-state index is 9.38. The van der Waals surface area contributed by atoms with Crippen molar-refractivity contribution in [2.75, 3.05) is 26.2 Å². The van der Waals surface area contributed by atoms with Crippen LogP contribution in [0.3, 0.4) is 0 Å². The average molecular weight is 263 g/mol. The van der Waals surface area contributed by atoms with Gasteiger partial charge in [-0.3, -0.25) is 0 Å². The van der Waals surface area contributed by atoms with Gasteiger partial charge in [-0.2, -0.15) is 0 Å². The third-order valence-electron chi connectivity index (χ3n) is 4.88. The van der Waals surface area contributed by atoms with Crippen LogP contribution < -0.4 is 0 Å². The Hall–Kier alpha value is -0.870. The predicted molar refractivity (Wildman–Crippen MR) is 75.2 cm³/mol. The lowest BCUT2D eigenvalue weighted by Crippen LogP contribution is -2.34. The van der Waals surface area contributed by atoms with Gasteiger partial charge in [-0.25, -0.2) is 4.98 Å². The molecule has 1 N–H and O–H groups in total. The molecule has 1 aromatic rings. The number of fused-ring (bicyclic) bond motifs is 1. The van der Waals surface area contributed by atoms with Crippen LogP contribution in [0.25, 0.3) is 0 Å². The molecule has 106 valence electrons. The molecule has 0 bridgehead atoms. The van der Waals surface area contributed by atoms with E-state index in [4.69, 9.17) is 4.98 Å². The fourth-order valence-corrected chi connectivity index (χ4v) is 3.52. The zero-order valence-electron chi connectivity index (χ0n) is 11.9. The fourth-order valence-electron chi connectivity index (χ4n) is 3.52. The molecule has 0 saturated carbocycles. The summed E-state index contributed by atoms with van der Waals surface area (Å²) in [7, 11) is 0. The minimum atomic E-state index is 0.311. The van der Waals surface area contributed by atoms with Gasteiger partial charge in [-0.1, -0.05) is 6.92 Å². The molecule has 0 amide bonds. The maximum Gasteiger partial charge on any atom is 0.112 e. The lowest BCUT2D eigenvalue weighted by atomic mass is 9.94. The van der Waals surface area contributed by atoms with Crippen LogP contribution in [0.4, 0.5) is 0 Å². The van der Waals surface area contributed by atoms with Crippen LogP contribution in [0.1, 0.15) is 43.6 Å². The van der Waals surface area contributed by atoms with Crippen molar-refractivity contribution in [2.45, 2.75) is 45.1 Å². The Labute approximate surface area is 115 Å². The highest BCUT2D eigenvalue weighted by atomic mass is 16.3. The number of aromatic nitrogens is 2. The van der Waals surface area contributed by atoms with Crippen molar-refractivity contribution < 1.29 is 5.11 Å². The van der Waals surface area contributed by atoms with E-state index in [1.807, 2.05) is 0 Å². The largest absolute Gasteiger partial charge is 0.396 e. The normalized spacial score (nSPS) is 25.5. The molecule has 2 aliphatic heterocycles. The van der Waals surface area contributed by atoms with Crippen molar-refractivity contribution in [1.82, 2.24) is 14.5 Å². The predicted octanol–water partition coefficient (Wildman–Crippen LogP) is 1.64. The smallest absolute Gasteiger partial charge is 0.112 e. The Morgan fingerprint density at radius 1 is 1.32 bits per heavy atom. The summed E-state index contributed by atoms with van der Waals surface area (Å²) in [6.07, 6.45) is 6.71. The summed E-state index contributed by atoms with van der Waals surface area (Å²) < 4.78 is 2.40. The Morgan fingerprint density at radius 3 is 2.79 bits per heavy atom. The zero-order chi connectivity index (χ0) is 13.2. The highest BCUT2D eigenvalue weighted by Gasteiger charge is 2.27. The first kappa shape index (κ1) is 13.1. The zero-order valence-corrected chi connectivity index (χ0v) is 11.9. The number of likely N-dealkylation sites (tertiary alicyclic amines) is 1. The number of imidazole rings is 1. The van der Waals surface area contributed by atoms with Crippen molar-refractivity contribution in [1.29, 1.82) is 0 Å². The van der Waals surface area contributed by atoms with Crippen molar-refractivity contribution in [3.63, 3.8) is 0 Å². The Morgan fingerprint density at radius 2 is 2.11 bits per heavy atom. The molecule has 3 rings (SSSR count). The third kappa shape index (κ3) is 2.56. The SMILES string of the molecule is CCN1CCC(c2ncc3n2CC(CO)CC3)CC1. The van der Waals surface area contributed by atoms with Crippen LogP contribution in [0.5, 0.6) is 0 Å². The Balaban J connectivity index is 1.74. The van der Waals surface area contributed by atoms with Crippen molar-refractivity contribution >= 4 is 0 Å². The first-order valence-electron chi connectivity index (χ1n) is 7.69. The second kappa shape index (κ2) is 5.63. The summed E-state index contributed by atoms with van der Waals surface area (Å²) in [5.74, 6) is 2.33. The van der Waals surface area contributed by atoms with E-state index < -0.39 is 0 Å². The lowest BCUT2D eigenvalue weighted by molar-refractivity contribution is 0.184. The number of aliphatic hydroxyl groups is 1. The molecule has 0 radical (unpaired) electrons. The van der Waals surface area contributed by atoms with Gasteiger partial charge in [0.1, 0.15) is 5.82 Å². The van der Waals surface area contributed by atoms with Gasteiger partial charge in [0.05, 0.1) is 0 Å². The molecule has 0 aromatic carbocycles. The minimum absolute atomic E-state index is 0.311. The molecule has 2 aliphatic rings. The van der Waals surface area contributed by atoms with Crippen molar-refractivity contribution in [3.8, 4) is 0 Å². The topological polar surface area (TPSA) is 41.3 Å². The summed E-state index contributed by atoms with van der Waals surface area (Å²) in [5.41, 5.74) is 1.37. The number of hydrogen-bond acceptors (Lipinski definition) is 3. The van der Waals surface area contributed by atoms with E-state index in [1.165, 1.54) is 44.0 Å². The molecule has 4 heteroatoms. The number of aliphatic hydroxyl groups excluding tert-OH is 1. The van der Waals surface area contributed by atoms with Crippen LogP contribution in [0.15, 0.2) is 6.20 Å². The molecular formula is C15H25N3O. The van der Waals surface area contributed by atoms with E-state index in [9.17, 15) is 5.11 Å². The summed E-state index contributed by atoms with van der Waals surface area (Å²) in [4.78, 5) is 7.22. The average Bonchev–Trinajstić information content (AvgIpc) is 2.90. The van der Waals surface area contributed by atoms with Gasteiger partial charge >= 0.3 is 0 Å². The van der Waals surface area contributed by atoms with Crippen LogP contribution in [-0.4, -0.2) is 45.8 Å². The van der Waals surface area contributed by atoms with Crippen LogP contribution in [0, 0.1) is 5.92 Å². The quantitative estimate of drug-likeness (QED) is 0.901. The molecule has 1 aromatic heterocycles. The van der Waals surface area contributed by atoms with E-state index in [-0.39, 0.29) is 0 Å². The Bertz CT molecular complexity index is 421. The minimum Gasteiger partial charge on any atom is -0.396 e. The first-order chi connectivity index (χ1) is 9.31. The Kier molecular flexibility index (Phi) is 3.89. The van der Waals surface area contributed by atoms with Gasteiger partial charge in [-0.15, -0.1) is 0 Å². The molecule has 1 atom stereocenters. The van der Waals surface area contributed by atoms with E-state index in [0.717, 1.165) is 19.4 Å². The second-order valence-corrected chi connectivity index (χ2v) is 6.01. The van der Waals surface area contributed by atoms with E-state index in [0.29, 0.717) is 18.4 Å². The number of nitrogens with zero attached hydrogens (tertiary/aromatic N) is 3. The summed E-state index contributed by atoms with van der Waals surface area (Å²) in [6, 6.07) is 0. The van der Waals surface area contributed by atoms with Gasteiger partial charge in [0, 0.05) is 36.9 Å². The van der Waals surface area contributed by atoms with Gasteiger partial charge in [0.15, 0.2) is 0 Å². The van der Waals surface area contributed by atoms with Gasteiger partial charge in [-0.05, 0) is 45.3 Å². The molecule has 0 aliphatic carbocycles. The lowest BCUT2D eigenvalue weighted by Gasteiger charge is -2.32. The number of rotatable bonds is 3. The summed E-state index contributed by atoms with van der Waals surface area (Å²) >= 11 is 0. The fraction of sp³-hybridized carbons (Fsp3) is 0.800. The van der Waals surface area contributed by atoms with Crippen LogP contribution >= 0.6 is 0 Å². The van der Waals surface area contributed by atoms with E-state index in [1.54, 1.807) is 0 Å². The standard InChI is InChI=1S/C15H25N3O/c1-2-17-7-5-13(6-8-17)15-16-9-14-4-3-12(11-19)10-18(14)15/h9,12-13,19H,2-8,10-11H2,1H3. The van der Waals surface area contributed by atoms with Crippen molar-refractivity contribution in [2.24, 2.45) is 5.92 Å². The van der Waals surface area contributed by atoms with Crippen LogP contribution in [-0.2, 0) is 13.0 Å². The van der Waals surface area contributed by atoms with Gasteiger partial charge in [0.2, 0.25) is 0 Å². The number of hydrogen-bond donors (Lipinski definition) is 1. The summed E-state index contributed by atoms with van der Waals surface area (Å²) in [6.45, 7) is 7.09. The summed E-state index contributed by atoms with van der Waals surface area (Å²) in [5, 5.41) is 9.38. The van der Waals surface area contributed by atoms with Gasteiger partial charge < -0.3 is 14.6 Å². The molecule has 3 heterocycles. The molecule has 1 saturated heterocycles. The molecular weight excluding hydrogens is 238 g/mol. The molecule has 0 spiro atoms. The number of piperidine rings is 1. The number of aryl methyl sites for hydroxylation is 1. The first-order valence-corrected chi connectivity index (χ1v) is 7.69. The molecule has 4 nitrogen and oxygen atoms in total. The van der Waals surface area contributed by atoms with Crippen LogP contribution in [0.2, 0.25) is 0 Å². The molecule has 1 unspecified atom stereocenters. The van der Waals surface area contributed by atoms with Crippen molar-refractivity contribution in [3.05, 3.63) is 17.7 Å². The van der Waals surface area contributed by atoms with Gasteiger partial charge in [0.25, 0.3) is 0 Å². The highest BCUT2D eigenvalue weighted by Crippen LogP contribution is 2.30. The molecule has 1 fully saturated rings. The molecule has 19 heavy (non-hydrogen) atoms. The third-order valence-corrected chi connectivity index (χ3v) is 4.88. The maximum absolute atomic E-state index is 9.38. The monoisotopic (exact) mass is 263 g/mol. The van der Waals surface area contributed by atoms with E-state index >= 15 is 0 Å². The highest BCUT2D eigenvalue weighted by molar-refractivity contribution is 5.13. The van der Waals surface area contributed by atoms with E-state index in [2.05, 4.69) is 22.6 Å². The second-order valence-electron chi connectivity index (χ2n) is 6.01.